The Morgan fingerprint density at radius 2 is 1.90 bits per heavy atom. The Balaban J connectivity index is 2.02. The highest BCUT2D eigenvalue weighted by Crippen LogP contribution is 2.25. The van der Waals surface area contributed by atoms with Gasteiger partial charge in [0, 0.05) is 23.6 Å². The first-order valence-electron chi connectivity index (χ1n) is 6.50. The minimum absolute atomic E-state index is 0.228. The topological polar surface area (TPSA) is 28.7 Å². The van der Waals surface area contributed by atoms with Crippen LogP contribution in [0.5, 0.6) is 0 Å². The number of nitrogens with zero attached hydrogens (tertiary/aromatic N) is 2. The summed E-state index contributed by atoms with van der Waals surface area (Å²) in [6.07, 6.45) is 2.48. The Morgan fingerprint density at radius 1 is 1.05 bits per heavy atom. The molecular formula is C17H13FN2. The first-order valence-corrected chi connectivity index (χ1v) is 6.50. The number of rotatable bonds is 3. The number of fused-ring (bicyclic) bond motifs is 1. The fourth-order valence-electron chi connectivity index (χ4n) is 2.41. The van der Waals surface area contributed by atoms with Crippen LogP contribution in [0.15, 0.2) is 54.7 Å². The van der Waals surface area contributed by atoms with Crippen molar-refractivity contribution in [2.75, 3.05) is 0 Å². The highest BCUT2D eigenvalue weighted by Gasteiger charge is 2.04. The lowest BCUT2D eigenvalue weighted by molar-refractivity contribution is 0.628. The molecule has 0 fully saturated rings. The molecule has 3 aromatic rings. The lowest BCUT2D eigenvalue weighted by Crippen LogP contribution is -1.94. The quantitative estimate of drug-likeness (QED) is 0.691. The van der Waals surface area contributed by atoms with Crippen molar-refractivity contribution in [3.63, 3.8) is 0 Å². The Labute approximate surface area is 116 Å². The van der Waals surface area contributed by atoms with Crippen molar-refractivity contribution in [2.24, 2.45) is 0 Å². The standard InChI is InChI=1S/C17H13FN2/c18-16-4-1-3-13(12-16)14-5-6-17-15(11-14)7-10-20(17)9-2-8-19/h1,3-7,10-12H,2,9H2. The number of aromatic nitrogens is 1. The van der Waals surface area contributed by atoms with E-state index in [9.17, 15) is 4.39 Å². The van der Waals surface area contributed by atoms with Crippen LogP contribution in [0.2, 0.25) is 0 Å². The first kappa shape index (κ1) is 12.4. The van der Waals surface area contributed by atoms with E-state index in [0.29, 0.717) is 13.0 Å². The Kier molecular flexibility index (Phi) is 3.22. The minimum Gasteiger partial charge on any atom is -0.346 e. The summed E-state index contributed by atoms with van der Waals surface area (Å²) in [4.78, 5) is 0. The van der Waals surface area contributed by atoms with E-state index in [1.807, 2.05) is 36.5 Å². The van der Waals surface area contributed by atoms with Crippen LogP contribution in [0.25, 0.3) is 22.0 Å². The van der Waals surface area contributed by atoms with Crippen LogP contribution in [-0.4, -0.2) is 4.57 Å². The second-order valence-electron chi connectivity index (χ2n) is 4.70. The van der Waals surface area contributed by atoms with Crippen molar-refractivity contribution in [1.29, 1.82) is 5.26 Å². The molecule has 0 aliphatic carbocycles. The van der Waals surface area contributed by atoms with Gasteiger partial charge in [0.1, 0.15) is 5.82 Å². The number of halogens is 1. The molecule has 0 aliphatic rings. The van der Waals surface area contributed by atoms with Gasteiger partial charge < -0.3 is 4.57 Å². The van der Waals surface area contributed by atoms with Crippen LogP contribution >= 0.6 is 0 Å². The van der Waals surface area contributed by atoms with Gasteiger partial charge in [0.05, 0.1) is 12.5 Å². The van der Waals surface area contributed by atoms with Crippen LogP contribution in [0.1, 0.15) is 6.42 Å². The van der Waals surface area contributed by atoms with Gasteiger partial charge in [-0.25, -0.2) is 4.39 Å². The molecule has 0 aliphatic heterocycles. The monoisotopic (exact) mass is 264 g/mol. The van der Waals surface area contributed by atoms with E-state index in [4.69, 9.17) is 5.26 Å². The predicted molar refractivity (Wildman–Crippen MR) is 77.6 cm³/mol. The van der Waals surface area contributed by atoms with E-state index < -0.39 is 0 Å². The van der Waals surface area contributed by atoms with Gasteiger partial charge >= 0.3 is 0 Å². The van der Waals surface area contributed by atoms with Gasteiger partial charge in [0.2, 0.25) is 0 Å². The molecule has 3 rings (SSSR count). The largest absolute Gasteiger partial charge is 0.346 e. The SMILES string of the molecule is N#CCCn1ccc2cc(-c3cccc(F)c3)ccc21. The van der Waals surface area contributed by atoms with Crippen molar-refractivity contribution in [3.8, 4) is 17.2 Å². The number of aryl methyl sites for hydroxylation is 1. The zero-order valence-electron chi connectivity index (χ0n) is 10.9. The smallest absolute Gasteiger partial charge is 0.123 e. The van der Waals surface area contributed by atoms with Crippen LogP contribution in [0.4, 0.5) is 4.39 Å². The molecule has 2 nitrogen and oxygen atoms in total. The summed E-state index contributed by atoms with van der Waals surface area (Å²) in [5.74, 6) is -0.228. The van der Waals surface area contributed by atoms with Gasteiger partial charge in [-0.1, -0.05) is 18.2 Å². The molecule has 20 heavy (non-hydrogen) atoms. The zero-order valence-corrected chi connectivity index (χ0v) is 10.9. The molecule has 3 heteroatoms. The lowest BCUT2D eigenvalue weighted by Gasteiger charge is -2.05. The van der Waals surface area contributed by atoms with Crippen molar-refractivity contribution >= 4 is 10.9 Å². The molecule has 0 N–H and O–H groups in total. The normalized spacial score (nSPS) is 10.6. The molecule has 0 saturated heterocycles. The molecule has 0 amide bonds. The molecular weight excluding hydrogens is 251 g/mol. The van der Waals surface area contributed by atoms with E-state index >= 15 is 0 Å². The molecule has 2 aromatic carbocycles. The highest BCUT2D eigenvalue weighted by molar-refractivity contribution is 5.85. The number of hydrogen-bond acceptors (Lipinski definition) is 1. The maximum absolute atomic E-state index is 13.3. The first-order chi connectivity index (χ1) is 9.78. The van der Waals surface area contributed by atoms with E-state index in [2.05, 4.69) is 10.6 Å². The minimum atomic E-state index is -0.228. The maximum Gasteiger partial charge on any atom is 0.123 e. The van der Waals surface area contributed by atoms with Gasteiger partial charge in [0.25, 0.3) is 0 Å². The van der Waals surface area contributed by atoms with Crippen LogP contribution in [0, 0.1) is 17.1 Å². The average Bonchev–Trinajstić information content (AvgIpc) is 2.87. The fourth-order valence-corrected chi connectivity index (χ4v) is 2.41. The third-order valence-electron chi connectivity index (χ3n) is 3.39. The molecule has 1 heterocycles. The molecule has 1 aromatic heterocycles. The molecule has 0 bridgehead atoms. The zero-order chi connectivity index (χ0) is 13.9. The number of hydrogen-bond donors (Lipinski definition) is 0. The highest BCUT2D eigenvalue weighted by atomic mass is 19.1. The van der Waals surface area contributed by atoms with Crippen LogP contribution in [-0.2, 0) is 6.54 Å². The molecule has 0 radical (unpaired) electrons. The van der Waals surface area contributed by atoms with Crippen LogP contribution in [0.3, 0.4) is 0 Å². The molecule has 0 saturated carbocycles. The van der Waals surface area contributed by atoms with Gasteiger partial charge in [-0.3, -0.25) is 0 Å². The van der Waals surface area contributed by atoms with Gasteiger partial charge in [-0.05, 0) is 41.5 Å². The third-order valence-corrected chi connectivity index (χ3v) is 3.39. The van der Waals surface area contributed by atoms with E-state index in [1.54, 1.807) is 6.07 Å². The van der Waals surface area contributed by atoms with Crippen molar-refractivity contribution < 1.29 is 4.39 Å². The second kappa shape index (κ2) is 5.18. The second-order valence-corrected chi connectivity index (χ2v) is 4.70. The maximum atomic E-state index is 13.3. The summed E-state index contributed by atoms with van der Waals surface area (Å²) in [6, 6.07) is 16.8. The Hall–Kier alpha value is -2.60. The molecule has 0 atom stereocenters. The summed E-state index contributed by atoms with van der Waals surface area (Å²) >= 11 is 0. The summed E-state index contributed by atoms with van der Waals surface area (Å²) in [5.41, 5.74) is 2.96. The number of benzene rings is 2. The summed E-state index contributed by atoms with van der Waals surface area (Å²) in [5, 5.41) is 9.76. The summed E-state index contributed by atoms with van der Waals surface area (Å²) in [6.45, 7) is 0.694. The van der Waals surface area contributed by atoms with Crippen molar-refractivity contribution in [1.82, 2.24) is 4.57 Å². The predicted octanol–water partition coefficient (Wildman–Crippen LogP) is 4.36. The summed E-state index contributed by atoms with van der Waals surface area (Å²) < 4.78 is 15.3. The molecule has 0 unspecified atom stereocenters. The fraction of sp³-hybridized carbons (Fsp3) is 0.118. The van der Waals surface area contributed by atoms with Crippen molar-refractivity contribution in [3.05, 3.63) is 60.5 Å². The Morgan fingerprint density at radius 3 is 2.70 bits per heavy atom. The van der Waals surface area contributed by atoms with E-state index in [1.165, 1.54) is 12.1 Å². The van der Waals surface area contributed by atoms with E-state index in [-0.39, 0.29) is 5.82 Å². The summed E-state index contributed by atoms with van der Waals surface area (Å²) in [7, 11) is 0. The van der Waals surface area contributed by atoms with Gasteiger partial charge in [-0.15, -0.1) is 0 Å². The van der Waals surface area contributed by atoms with E-state index in [0.717, 1.165) is 22.0 Å². The van der Waals surface area contributed by atoms with Gasteiger partial charge in [0.15, 0.2) is 0 Å². The molecule has 0 spiro atoms. The lowest BCUT2D eigenvalue weighted by atomic mass is 10.0. The third kappa shape index (κ3) is 2.28. The Bertz CT molecular complexity index is 796. The van der Waals surface area contributed by atoms with Crippen LogP contribution < -0.4 is 0 Å². The van der Waals surface area contributed by atoms with Crippen molar-refractivity contribution in [2.45, 2.75) is 13.0 Å². The average molecular weight is 264 g/mol. The number of nitriles is 1. The van der Waals surface area contributed by atoms with Gasteiger partial charge in [-0.2, -0.15) is 5.26 Å². The molecule has 98 valence electrons.